The standard InChI is InChI=1S/C19H22O3/c1-13(2)8-11-16-17(20)12-15(18(21)19(16)22)10-9-14-6-4-3-5-7-14/h3-8,12,20-22H,9-11H2,1-2H3. The first-order valence-corrected chi connectivity index (χ1v) is 7.42. The predicted molar refractivity (Wildman–Crippen MR) is 88.4 cm³/mol. The van der Waals surface area contributed by atoms with Crippen LogP contribution in [0, 0.1) is 0 Å². The largest absolute Gasteiger partial charge is 0.508 e. The van der Waals surface area contributed by atoms with E-state index in [0.717, 1.165) is 17.6 Å². The summed E-state index contributed by atoms with van der Waals surface area (Å²) in [5.41, 5.74) is 3.16. The van der Waals surface area contributed by atoms with E-state index < -0.39 is 0 Å². The van der Waals surface area contributed by atoms with Crippen LogP contribution in [0.2, 0.25) is 0 Å². The fourth-order valence-corrected chi connectivity index (χ4v) is 2.36. The molecule has 2 aromatic rings. The first-order valence-electron chi connectivity index (χ1n) is 7.42. The SMILES string of the molecule is CC(C)=CCc1c(O)cc(CCc2ccccc2)c(O)c1O. The zero-order valence-electron chi connectivity index (χ0n) is 13.0. The Morgan fingerprint density at radius 3 is 2.27 bits per heavy atom. The highest BCUT2D eigenvalue weighted by Crippen LogP contribution is 2.39. The van der Waals surface area contributed by atoms with Crippen molar-refractivity contribution in [1.82, 2.24) is 0 Å². The van der Waals surface area contributed by atoms with E-state index in [0.29, 0.717) is 24.0 Å². The highest BCUT2D eigenvalue weighted by Gasteiger charge is 2.16. The van der Waals surface area contributed by atoms with Crippen LogP contribution < -0.4 is 0 Å². The number of phenols is 3. The van der Waals surface area contributed by atoms with E-state index in [1.54, 1.807) is 6.07 Å². The van der Waals surface area contributed by atoms with Crippen LogP contribution in [0.3, 0.4) is 0 Å². The summed E-state index contributed by atoms with van der Waals surface area (Å²) in [5.74, 6) is -0.331. The third-order valence-corrected chi connectivity index (χ3v) is 3.67. The molecule has 0 aliphatic carbocycles. The van der Waals surface area contributed by atoms with Crippen LogP contribution in [0.4, 0.5) is 0 Å². The molecule has 0 amide bonds. The lowest BCUT2D eigenvalue weighted by Gasteiger charge is -2.12. The Morgan fingerprint density at radius 1 is 0.955 bits per heavy atom. The third-order valence-electron chi connectivity index (χ3n) is 3.67. The number of rotatable bonds is 5. The van der Waals surface area contributed by atoms with Gasteiger partial charge in [-0.2, -0.15) is 0 Å². The van der Waals surface area contributed by atoms with Crippen LogP contribution in [0.15, 0.2) is 48.0 Å². The van der Waals surface area contributed by atoms with Gasteiger partial charge >= 0.3 is 0 Å². The molecule has 0 heterocycles. The number of aryl methyl sites for hydroxylation is 2. The fourth-order valence-electron chi connectivity index (χ4n) is 2.36. The molecule has 2 aromatic carbocycles. The molecular weight excluding hydrogens is 276 g/mol. The summed E-state index contributed by atoms with van der Waals surface area (Å²) in [5, 5.41) is 30.4. The van der Waals surface area contributed by atoms with Gasteiger partial charge in [-0.15, -0.1) is 0 Å². The number of hydrogen-bond acceptors (Lipinski definition) is 3. The van der Waals surface area contributed by atoms with Crippen molar-refractivity contribution in [1.29, 1.82) is 0 Å². The highest BCUT2D eigenvalue weighted by atomic mass is 16.3. The Kier molecular flexibility index (Phi) is 5.10. The van der Waals surface area contributed by atoms with Crippen LogP contribution in [-0.4, -0.2) is 15.3 Å². The van der Waals surface area contributed by atoms with Gasteiger partial charge in [0.05, 0.1) is 0 Å². The van der Waals surface area contributed by atoms with Crippen molar-refractivity contribution in [2.75, 3.05) is 0 Å². The van der Waals surface area contributed by atoms with E-state index in [9.17, 15) is 15.3 Å². The smallest absolute Gasteiger partial charge is 0.165 e. The lowest BCUT2D eigenvalue weighted by molar-refractivity contribution is 0.386. The first kappa shape index (κ1) is 16.0. The molecule has 0 bridgehead atoms. The second kappa shape index (κ2) is 7.03. The lowest BCUT2D eigenvalue weighted by atomic mass is 9.99. The maximum absolute atomic E-state index is 10.2. The molecule has 0 fully saturated rings. The monoisotopic (exact) mass is 298 g/mol. The van der Waals surface area contributed by atoms with E-state index in [1.165, 1.54) is 0 Å². The van der Waals surface area contributed by atoms with E-state index in [-0.39, 0.29) is 17.2 Å². The van der Waals surface area contributed by atoms with Crippen molar-refractivity contribution < 1.29 is 15.3 Å². The minimum absolute atomic E-state index is 0.0239. The number of phenolic OH excluding ortho intramolecular Hbond substituents is 3. The zero-order chi connectivity index (χ0) is 16.1. The Bertz CT molecular complexity index is 669. The molecule has 0 unspecified atom stereocenters. The molecule has 0 saturated carbocycles. The van der Waals surface area contributed by atoms with Crippen LogP contribution >= 0.6 is 0 Å². The molecule has 22 heavy (non-hydrogen) atoms. The fraction of sp³-hybridized carbons (Fsp3) is 0.263. The Labute approximate surface area is 131 Å². The van der Waals surface area contributed by atoms with Crippen molar-refractivity contribution in [2.24, 2.45) is 0 Å². The van der Waals surface area contributed by atoms with Gasteiger partial charge in [0.2, 0.25) is 0 Å². The summed E-state index contributed by atoms with van der Waals surface area (Å²) in [6.07, 6.45) is 3.59. The molecule has 3 heteroatoms. The molecule has 0 aromatic heterocycles. The molecule has 0 atom stereocenters. The second-order valence-corrected chi connectivity index (χ2v) is 5.70. The van der Waals surface area contributed by atoms with Gasteiger partial charge in [-0.25, -0.2) is 0 Å². The normalized spacial score (nSPS) is 10.5. The van der Waals surface area contributed by atoms with Crippen LogP contribution in [-0.2, 0) is 19.3 Å². The summed E-state index contributed by atoms with van der Waals surface area (Å²) >= 11 is 0. The van der Waals surface area contributed by atoms with Gasteiger partial charge in [0, 0.05) is 11.1 Å². The van der Waals surface area contributed by atoms with Crippen molar-refractivity contribution in [3.05, 3.63) is 64.7 Å². The quantitative estimate of drug-likeness (QED) is 0.442. The number of hydrogen-bond donors (Lipinski definition) is 3. The highest BCUT2D eigenvalue weighted by molar-refractivity contribution is 5.57. The van der Waals surface area contributed by atoms with E-state index in [4.69, 9.17) is 0 Å². The van der Waals surface area contributed by atoms with E-state index in [2.05, 4.69) is 0 Å². The molecule has 0 spiro atoms. The maximum Gasteiger partial charge on any atom is 0.165 e. The van der Waals surface area contributed by atoms with Crippen LogP contribution in [0.1, 0.15) is 30.5 Å². The van der Waals surface area contributed by atoms with Gasteiger partial charge in [-0.3, -0.25) is 0 Å². The number of benzene rings is 2. The summed E-state index contributed by atoms with van der Waals surface area (Å²) in [7, 11) is 0. The first-order chi connectivity index (χ1) is 10.5. The minimum Gasteiger partial charge on any atom is -0.508 e. The van der Waals surface area contributed by atoms with Gasteiger partial charge in [0.1, 0.15) is 5.75 Å². The van der Waals surface area contributed by atoms with Crippen molar-refractivity contribution >= 4 is 0 Å². The van der Waals surface area contributed by atoms with Gasteiger partial charge in [0.15, 0.2) is 11.5 Å². The molecule has 3 N–H and O–H groups in total. The van der Waals surface area contributed by atoms with Crippen LogP contribution in [0.25, 0.3) is 0 Å². The van der Waals surface area contributed by atoms with Crippen LogP contribution in [0.5, 0.6) is 17.2 Å². The Hall–Kier alpha value is -2.42. The molecule has 0 radical (unpaired) electrons. The molecule has 0 aliphatic heterocycles. The summed E-state index contributed by atoms with van der Waals surface area (Å²) in [6.45, 7) is 3.89. The average molecular weight is 298 g/mol. The van der Waals surface area contributed by atoms with Crippen molar-refractivity contribution in [2.45, 2.75) is 33.1 Å². The predicted octanol–water partition coefficient (Wildman–Crippen LogP) is 4.10. The van der Waals surface area contributed by atoms with E-state index >= 15 is 0 Å². The molecule has 116 valence electrons. The third kappa shape index (κ3) is 3.82. The molecule has 0 aliphatic rings. The number of aromatic hydroxyl groups is 3. The topological polar surface area (TPSA) is 60.7 Å². The molecule has 3 nitrogen and oxygen atoms in total. The van der Waals surface area contributed by atoms with Gasteiger partial charge in [-0.1, -0.05) is 42.0 Å². The summed E-state index contributed by atoms with van der Waals surface area (Å²) in [6, 6.07) is 11.5. The van der Waals surface area contributed by atoms with E-state index in [1.807, 2.05) is 50.3 Å². The molecule has 2 rings (SSSR count). The minimum atomic E-state index is -0.222. The number of allylic oxidation sites excluding steroid dienone is 2. The second-order valence-electron chi connectivity index (χ2n) is 5.70. The van der Waals surface area contributed by atoms with Gasteiger partial charge in [0.25, 0.3) is 0 Å². The summed E-state index contributed by atoms with van der Waals surface area (Å²) < 4.78 is 0. The summed E-state index contributed by atoms with van der Waals surface area (Å²) in [4.78, 5) is 0. The van der Waals surface area contributed by atoms with Crippen molar-refractivity contribution in [3.63, 3.8) is 0 Å². The maximum atomic E-state index is 10.2. The molecule has 0 saturated heterocycles. The van der Waals surface area contributed by atoms with Gasteiger partial charge < -0.3 is 15.3 Å². The Morgan fingerprint density at radius 2 is 1.64 bits per heavy atom. The van der Waals surface area contributed by atoms with Gasteiger partial charge in [-0.05, 0) is 44.7 Å². The van der Waals surface area contributed by atoms with Crippen molar-refractivity contribution in [3.8, 4) is 17.2 Å². The molecular formula is C19H22O3. The zero-order valence-corrected chi connectivity index (χ0v) is 13.0. The lowest BCUT2D eigenvalue weighted by Crippen LogP contribution is -1.95. The Balaban J connectivity index is 2.21. The average Bonchev–Trinajstić information content (AvgIpc) is 2.50.